The van der Waals surface area contributed by atoms with Crippen LogP contribution >= 0.6 is 0 Å². The number of urea groups is 1. The Hall–Kier alpha value is -7.74. The van der Waals surface area contributed by atoms with Crippen molar-refractivity contribution in [3.63, 3.8) is 0 Å². The van der Waals surface area contributed by atoms with Crippen molar-refractivity contribution < 1.29 is 43.5 Å². The van der Waals surface area contributed by atoms with E-state index >= 15 is 0 Å². The predicted molar refractivity (Wildman–Crippen MR) is 260 cm³/mol. The molecule has 1 fully saturated rings. The van der Waals surface area contributed by atoms with Crippen LogP contribution in [0, 0.1) is 5.92 Å². The lowest BCUT2D eigenvalue weighted by molar-refractivity contribution is -0.138. The van der Waals surface area contributed by atoms with Gasteiger partial charge in [-0.1, -0.05) is 32.9 Å². The van der Waals surface area contributed by atoms with Crippen molar-refractivity contribution >= 4 is 76.4 Å². The second kappa shape index (κ2) is 21.7. The number of carbonyl (C=O) groups excluding carboxylic acids is 8. The molecule has 0 unspecified atom stereocenters. The summed E-state index contributed by atoms with van der Waals surface area (Å²) < 4.78 is 0. The van der Waals surface area contributed by atoms with Crippen LogP contribution in [-0.2, 0) is 47.1 Å². The molecule has 20 heteroatoms. The number of primary amides is 1. The summed E-state index contributed by atoms with van der Waals surface area (Å²) in [6.07, 6.45) is 8.54. The number of aliphatic hydroxyl groups is 1. The molecule has 3 aromatic rings. The summed E-state index contributed by atoms with van der Waals surface area (Å²) in [4.78, 5) is 118. The molecule has 1 aliphatic carbocycles. The Kier molecular flexibility index (Phi) is 15.5. The molecule has 70 heavy (non-hydrogen) atoms. The summed E-state index contributed by atoms with van der Waals surface area (Å²) in [6.45, 7) is 6.56. The van der Waals surface area contributed by atoms with Crippen molar-refractivity contribution in [3.8, 4) is 0 Å². The molecule has 0 spiro atoms. The summed E-state index contributed by atoms with van der Waals surface area (Å²) in [7, 11) is 0. The SMILES string of the molecule is CCCN(CCO)C(=O)C1=Cc2ccc(C3(C(=O)Nc4cnc5c(c4)CN(C(=O)[C@H](CCCNC(N)=O)NC(=O)[C@@H](NC(=O)c4ccc(N6C(=O)C=CC6=O)cc4)C(C)C)CC5)CC3)cc2N=C(N)C1. The van der Waals surface area contributed by atoms with Gasteiger partial charge in [0.2, 0.25) is 23.6 Å². The molecule has 1 aromatic heterocycles. The maximum absolute atomic E-state index is 14.3. The molecule has 7 rings (SSSR count). The van der Waals surface area contributed by atoms with E-state index in [0.717, 1.165) is 34.7 Å². The highest BCUT2D eigenvalue weighted by Gasteiger charge is 2.51. The number of imide groups is 1. The summed E-state index contributed by atoms with van der Waals surface area (Å²) in [5.74, 6) is -3.20. The molecular weight excluding hydrogens is 899 g/mol. The van der Waals surface area contributed by atoms with Gasteiger partial charge in [0.15, 0.2) is 0 Å². The van der Waals surface area contributed by atoms with Crippen molar-refractivity contribution in [2.24, 2.45) is 22.4 Å². The number of aliphatic hydroxyl groups excluding tert-OH is 1. The van der Waals surface area contributed by atoms with Crippen LogP contribution in [0.5, 0.6) is 0 Å². The Morgan fingerprint density at radius 3 is 2.34 bits per heavy atom. The molecule has 1 saturated carbocycles. The van der Waals surface area contributed by atoms with E-state index < -0.39 is 59.0 Å². The van der Waals surface area contributed by atoms with Crippen LogP contribution < -0.4 is 37.6 Å². The minimum absolute atomic E-state index is 0.130. The second-order valence-electron chi connectivity index (χ2n) is 18.2. The third-order valence-corrected chi connectivity index (χ3v) is 12.8. The number of aromatic nitrogens is 1. The Morgan fingerprint density at radius 2 is 1.69 bits per heavy atom. The topological polar surface area (TPSA) is 292 Å². The normalized spacial score (nSPS) is 16.5. The van der Waals surface area contributed by atoms with Crippen LogP contribution in [0.2, 0.25) is 0 Å². The third kappa shape index (κ3) is 11.4. The smallest absolute Gasteiger partial charge is 0.312 e. The number of carbonyl (C=O) groups is 8. The molecule has 9 amide bonds. The van der Waals surface area contributed by atoms with E-state index in [-0.39, 0.29) is 74.4 Å². The molecule has 4 heterocycles. The minimum Gasteiger partial charge on any atom is -0.395 e. The molecule has 0 radical (unpaired) electrons. The second-order valence-corrected chi connectivity index (χ2v) is 18.2. The minimum atomic E-state index is -1.07. The number of benzene rings is 2. The lowest BCUT2D eigenvalue weighted by Gasteiger charge is -2.33. The molecule has 368 valence electrons. The van der Waals surface area contributed by atoms with Gasteiger partial charge < -0.3 is 47.6 Å². The fourth-order valence-electron chi connectivity index (χ4n) is 8.87. The number of fused-ring (bicyclic) bond motifs is 2. The Bertz CT molecular complexity index is 2650. The van der Waals surface area contributed by atoms with E-state index in [1.54, 1.807) is 42.0 Å². The zero-order valence-electron chi connectivity index (χ0n) is 39.5. The highest BCUT2D eigenvalue weighted by atomic mass is 16.3. The number of hydrogen-bond acceptors (Lipinski definition) is 12. The van der Waals surface area contributed by atoms with E-state index in [0.29, 0.717) is 60.4 Å². The largest absolute Gasteiger partial charge is 0.395 e. The number of nitrogens with two attached hydrogens (primary N) is 2. The number of anilines is 2. The van der Waals surface area contributed by atoms with Crippen molar-refractivity contribution in [2.45, 2.75) is 89.8 Å². The highest BCUT2D eigenvalue weighted by Crippen LogP contribution is 2.50. The summed E-state index contributed by atoms with van der Waals surface area (Å²) in [5, 5.41) is 20.7. The van der Waals surface area contributed by atoms with Gasteiger partial charge in [0.05, 0.1) is 35.3 Å². The predicted octanol–water partition coefficient (Wildman–Crippen LogP) is 2.46. The van der Waals surface area contributed by atoms with Crippen LogP contribution in [0.4, 0.5) is 21.9 Å². The summed E-state index contributed by atoms with van der Waals surface area (Å²) >= 11 is 0. The molecule has 20 nitrogen and oxygen atoms in total. The molecule has 2 atom stereocenters. The maximum atomic E-state index is 14.3. The van der Waals surface area contributed by atoms with E-state index in [1.807, 2.05) is 25.1 Å². The number of rotatable bonds is 19. The average Bonchev–Trinajstić information content (AvgIpc) is 4.11. The zero-order chi connectivity index (χ0) is 50.3. The molecule has 3 aliphatic heterocycles. The Balaban J connectivity index is 1.02. The van der Waals surface area contributed by atoms with E-state index in [9.17, 15) is 43.5 Å². The fraction of sp³-hybridized carbons (Fsp3) is 0.400. The number of aliphatic imine (C=N–C) groups is 1. The van der Waals surface area contributed by atoms with Gasteiger partial charge >= 0.3 is 6.03 Å². The first kappa shape index (κ1) is 50.1. The van der Waals surface area contributed by atoms with Gasteiger partial charge in [0, 0.05) is 80.1 Å². The summed E-state index contributed by atoms with van der Waals surface area (Å²) in [6, 6.07) is 10.3. The number of pyridine rings is 1. The van der Waals surface area contributed by atoms with E-state index in [4.69, 9.17) is 11.5 Å². The first-order valence-corrected chi connectivity index (χ1v) is 23.5. The van der Waals surface area contributed by atoms with Gasteiger partial charge in [-0.3, -0.25) is 38.5 Å². The van der Waals surface area contributed by atoms with Gasteiger partial charge in [0.1, 0.15) is 17.9 Å². The van der Waals surface area contributed by atoms with Gasteiger partial charge in [-0.15, -0.1) is 0 Å². The van der Waals surface area contributed by atoms with Crippen molar-refractivity contribution in [1.29, 1.82) is 0 Å². The van der Waals surface area contributed by atoms with Crippen molar-refractivity contribution in [1.82, 2.24) is 30.7 Å². The van der Waals surface area contributed by atoms with Gasteiger partial charge in [0.25, 0.3) is 17.7 Å². The highest BCUT2D eigenvalue weighted by molar-refractivity contribution is 6.28. The molecule has 0 saturated heterocycles. The zero-order valence-corrected chi connectivity index (χ0v) is 39.5. The average molecular weight is 958 g/mol. The van der Waals surface area contributed by atoms with Gasteiger partial charge in [-0.2, -0.15) is 0 Å². The van der Waals surface area contributed by atoms with Gasteiger partial charge in [-0.05, 0) is 91.6 Å². The van der Waals surface area contributed by atoms with Crippen molar-refractivity contribution in [2.75, 3.05) is 43.0 Å². The van der Waals surface area contributed by atoms with Crippen LogP contribution in [0.1, 0.15) is 92.0 Å². The lowest BCUT2D eigenvalue weighted by atomic mass is 9.92. The van der Waals surface area contributed by atoms with Crippen LogP contribution in [-0.4, -0.2) is 118 Å². The Labute approximate surface area is 405 Å². The standard InChI is InChI=1S/C50H59N11O9/c1-4-19-59(21-22-62)46(67)32-23-31-7-10-34(26-39(31)56-40(51)25-32)50(16-17-50)48(69)55-35-24-33-28-60(20-15-37(33)54-27-35)47(68)38(6-5-18-53-49(52)70)57-45(66)43(29(2)3)58-44(65)30-8-11-36(12-9-30)61-41(63)13-14-42(61)64/h7-14,23-24,26-27,29,38,43,62H,4-6,15-22,25,28H2,1-3H3,(H2,51,56)(H,55,69)(H,57,66)(H,58,65)(H3,52,53,70)/t38-,43-/m0/s1. The molecule has 2 aromatic carbocycles. The molecule has 0 bridgehead atoms. The number of hydrogen-bond donors (Lipinski definition) is 7. The first-order chi connectivity index (χ1) is 33.5. The van der Waals surface area contributed by atoms with Crippen molar-refractivity contribution in [3.05, 3.63) is 100 Å². The van der Waals surface area contributed by atoms with Crippen LogP contribution in [0.3, 0.4) is 0 Å². The number of nitrogens with zero attached hydrogens (tertiary/aromatic N) is 5. The quantitative estimate of drug-likeness (QED) is 0.0677. The molecule has 4 aliphatic rings. The monoisotopic (exact) mass is 957 g/mol. The maximum Gasteiger partial charge on any atom is 0.312 e. The Morgan fingerprint density at radius 1 is 0.957 bits per heavy atom. The van der Waals surface area contributed by atoms with Gasteiger partial charge in [-0.25, -0.2) is 14.7 Å². The van der Waals surface area contributed by atoms with E-state index in [1.165, 1.54) is 24.3 Å². The number of amidine groups is 1. The molecular formula is C50H59N11O9. The van der Waals surface area contributed by atoms with E-state index in [2.05, 4.69) is 31.2 Å². The van der Waals surface area contributed by atoms with Crippen LogP contribution in [0.15, 0.2) is 77.4 Å². The van der Waals surface area contributed by atoms with Crippen LogP contribution in [0.25, 0.3) is 6.08 Å². The molecule has 9 N–H and O–H groups in total. The summed E-state index contributed by atoms with van der Waals surface area (Å²) in [5.41, 5.74) is 15.5. The number of amides is 9. The third-order valence-electron chi connectivity index (χ3n) is 12.8. The fourth-order valence-corrected chi connectivity index (χ4v) is 8.87. The first-order valence-electron chi connectivity index (χ1n) is 23.5. The number of nitrogens with one attached hydrogen (secondary N) is 4. The lowest BCUT2D eigenvalue weighted by Crippen LogP contribution is -2.56.